The molecule has 36 heavy (non-hydrogen) atoms. The number of benzene rings is 1. The van der Waals surface area contributed by atoms with Crippen LogP contribution in [0.1, 0.15) is 89.0 Å². The molecule has 1 aromatic carbocycles. The number of hydrogen-bond donors (Lipinski definition) is 2. The van der Waals surface area contributed by atoms with Crippen LogP contribution in [0, 0.1) is 0 Å². The van der Waals surface area contributed by atoms with Crippen LogP contribution >= 0.6 is 0 Å². The number of anilines is 1. The van der Waals surface area contributed by atoms with Crippen molar-refractivity contribution in [3.05, 3.63) is 23.9 Å². The number of unbranched alkanes of at least 4 members (excludes halogenated alkanes) is 1. The van der Waals surface area contributed by atoms with Gasteiger partial charge in [0.05, 0.1) is 24.9 Å². The van der Waals surface area contributed by atoms with E-state index in [1.807, 2.05) is 29.7 Å². The highest BCUT2D eigenvalue weighted by atomic mass is 16.5. The summed E-state index contributed by atoms with van der Waals surface area (Å²) in [6.45, 7) is 6.19. The molecular weight excluding hydrogens is 456 g/mol. The van der Waals surface area contributed by atoms with Crippen molar-refractivity contribution in [2.45, 2.75) is 96.7 Å². The molecule has 196 valence electrons. The van der Waals surface area contributed by atoms with Gasteiger partial charge in [-0.1, -0.05) is 45.4 Å². The molecule has 0 spiro atoms. The molecule has 0 bridgehead atoms. The zero-order valence-corrected chi connectivity index (χ0v) is 22.1. The van der Waals surface area contributed by atoms with Gasteiger partial charge >= 0.3 is 0 Å². The molecule has 0 radical (unpaired) electrons. The standard InChI is InChI=1S/C28H40N4O4/c1-5-6-16-32-26(34)25-24(29-19(2)33)22-17-21(36-4)14-15-23(22)31(25)18-28(32,3)27(35)30-20-12-10-8-7-9-11-13-20/h14-15,17,20H,5-13,16,18H2,1-4H3,(H,29,33)(H,30,35)/t28-/m0/s1. The zero-order chi connectivity index (χ0) is 25.9. The number of nitrogens with zero attached hydrogens (tertiary/aromatic N) is 2. The molecule has 1 aliphatic heterocycles. The van der Waals surface area contributed by atoms with Crippen molar-refractivity contribution in [1.29, 1.82) is 0 Å². The fourth-order valence-corrected chi connectivity index (χ4v) is 5.70. The third kappa shape index (κ3) is 4.95. The number of methoxy groups -OCH3 is 1. The number of aromatic nitrogens is 1. The van der Waals surface area contributed by atoms with E-state index >= 15 is 0 Å². The molecule has 8 heteroatoms. The lowest BCUT2D eigenvalue weighted by Crippen LogP contribution is -2.65. The normalized spacial score (nSPS) is 21.0. The first-order valence-electron chi connectivity index (χ1n) is 13.4. The van der Waals surface area contributed by atoms with Gasteiger partial charge in [0.25, 0.3) is 5.91 Å². The van der Waals surface area contributed by atoms with E-state index in [0.29, 0.717) is 30.2 Å². The first-order chi connectivity index (χ1) is 17.3. The molecule has 2 heterocycles. The Morgan fingerprint density at radius 3 is 2.47 bits per heavy atom. The average molecular weight is 497 g/mol. The second-order valence-corrected chi connectivity index (χ2v) is 10.5. The lowest BCUT2D eigenvalue weighted by atomic mass is 9.91. The topological polar surface area (TPSA) is 92.7 Å². The molecule has 0 unspecified atom stereocenters. The Kier molecular flexibility index (Phi) is 7.91. The van der Waals surface area contributed by atoms with Gasteiger partial charge in [-0.2, -0.15) is 0 Å². The molecular formula is C28H40N4O4. The third-order valence-electron chi connectivity index (χ3n) is 7.75. The number of rotatable bonds is 7. The summed E-state index contributed by atoms with van der Waals surface area (Å²) in [7, 11) is 1.59. The highest BCUT2D eigenvalue weighted by molar-refractivity contribution is 6.14. The van der Waals surface area contributed by atoms with Crippen molar-refractivity contribution in [2.24, 2.45) is 0 Å². The first-order valence-corrected chi connectivity index (χ1v) is 13.4. The van der Waals surface area contributed by atoms with E-state index in [9.17, 15) is 14.4 Å². The van der Waals surface area contributed by atoms with E-state index in [4.69, 9.17) is 4.74 Å². The van der Waals surface area contributed by atoms with Crippen molar-refractivity contribution in [2.75, 3.05) is 19.0 Å². The molecule has 2 aromatic rings. The number of fused-ring (bicyclic) bond motifs is 3. The minimum absolute atomic E-state index is 0.0976. The minimum atomic E-state index is -1.04. The quantitative estimate of drug-likeness (QED) is 0.573. The van der Waals surface area contributed by atoms with Crippen molar-refractivity contribution in [3.8, 4) is 5.75 Å². The second kappa shape index (κ2) is 10.9. The SMILES string of the molecule is CCCCN1C(=O)c2c(NC(C)=O)c3cc(OC)ccc3n2C[C@@]1(C)C(=O)NC1CCCCCCC1. The Bertz CT molecular complexity index is 1130. The smallest absolute Gasteiger partial charge is 0.273 e. The summed E-state index contributed by atoms with van der Waals surface area (Å²) in [5.41, 5.74) is 0.648. The zero-order valence-electron chi connectivity index (χ0n) is 22.1. The van der Waals surface area contributed by atoms with Crippen molar-refractivity contribution < 1.29 is 19.1 Å². The van der Waals surface area contributed by atoms with Crippen LogP contribution in [0.4, 0.5) is 5.69 Å². The van der Waals surface area contributed by atoms with Gasteiger partial charge in [0, 0.05) is 24.9 Å². The van der Waals surface area contributed by atoms with Crippen molar-refractivity contribution in [3.63, 3.8) is 0 Å². The first kappa shape index (κ1) is 26.0. The molecule has 1 aromatic heterocycles. The molecule has 0 saturated heterocycles. The van der Waals surface area contributed by atoms with Gasteiger partial charge in [-0.3, -0.25) is 14.4 Å². The van der Waals surface area contributed by atoms with Gasteiger partial charge in [0.1, 0.15) is 17.0 Å². The summed E-state index contributed by atoms with van der Waals surface area (Å²) >= 11 is 0. The third-order valence-corrected chi connectivity index (χ3v) is 7.75. The largest absolute Gasteiger partial charge is 0.497 e. The van der Waals surface area contributed by atoms with E-state index in [1.54, 1.807) is 12.0 Å². The number of carbonyl (C=O) groups excluding carboxylic acids is 3. The van der Waals surface area contributed by atoms with Crippen LogP contribution < -0.4 is 15.4 Å². The van der Waals surface area contributed by atoms with Crippen LogP contribution in [0.15, 0.2) is 18.2 Å². The van der Waals surface area contributed by atoms with Crippen LogP contribution in [-0.2, 0) is 16.1 Å². The number of carbonyl (C=O) groups is 3. The molecule has 2 aliphatic rings. The molecule has 1 aliphatic carbocycles. The van der Waals surface area contributed by atoms with Crippen LogP contribution in [0.25, 0.3) is 10.9 Å². The predicted octanol–water partition coefficient (Wildman–Crippen LogP) is 4.85. The van der Waals surface area contributed by atoms with Gasteiger partial charge in [0.2, 0.25) is 11.8 Å². The predicted molar refractivity (Wildman–Crippen MR) is 141 cm³/mol. The summed E-state index contributed by atoms with van der Waals surface area (Å²) in [4.78, 5) is 41.9. The number of nitrogens with one attached hydrogen (secondary N) is 2. The van der Waals surface area contributed by atoms with E-state index in [1.165, 1.54) is 26.2 Å². The van der Waals surface area contributed by atoms with Crippen LogP contribution in [-0.4, -0.2) is 52.4 Å². The van der Waals surface area contributed by atoms with Crippen LogP contribution in [0.3, 0.4) is 0 Å². The summed E-state index contributed by atoms with van der Waals surface area (Å²) < 4.78 is 7.32. The molecule has 2 N–H and O–H groups in total. The fraction of sp³-hybridized carbons (Fsp3) is 0.607. The molecule has 1 fully saturated rings. The Morgan fingerprint density at radius 1 is 1.14 bits per heavy atom. The summed E-state index contributed by atoms with van der Waals surface area (Å²) in [5, 5.41) is 6.94. The van der Waals surface area contributed by atoms with Crippen molar-refractivity contribution in [1.82, 2.24) is 14.8 Å². The Morgan fingerprint density at radius 2 is 1.83 bits per heavy atom. The van der Waals surface area contributed by atoms with Gasteiger partial charge < -0.3 is 24.8 Å². The maximum Gasteiger partial charge on any atom is 0.273 e. The van der Waals surface area contributed by atoms with E-state index in [2.05, 4.69) is 17.6 Å². The maximum absolute atomic E-state index is 14.1. The number of ether oxygens (including phenoxy) is 1. The monoisotopic (exact) mass is 496 g/mol. The highest BCUT2D eigenvalue weighted by Gasteiger charge is 2.49. The van der Waals surface area contributed by atoms with Gasteiger partial charge in [-0.05, 0) is 44.4 Å². The Labute approximate surface area is 213 Å². The number of hydrogen-bond acceptors (Lipinski definition) is 4. The van der Waals surface area contributed by atoms with Crippen LogP contribution in [0.2, 0.25) is 0 Å². The Hall–Kier alpha value is -3.03. The Balaban J connectivity index is 1.78. The summed E-state index contributed by atoms with van der Waals surface area (Å²) in [5.74, 6) is 0.0528. The van der Waals surface area contributed by atoms with E-state index in [-0.39, 0.29) is 23.8 Å². The highest BCUT2D eigenvalue weighted by Crippen LogP contribution is 2.40. The van der Waals surface area contributed by atoms with Gasteiger partial charge in [0.15, 0.2) is 0 Å². The lowest BCUT2D eigenvalue weighted by Gasteiger charge is -2.45. The van der Waals surface area contributed by atoms with Gasteiger partial charge in [-0.15, -0.1) is 0 Å². The maximum atomic E-state index is 14.1. The molecule has 8 nitrogen and oxygen atoms in total. The fourth-order valence-electron chi connectivity index (χ4n) is 5.70. The lowest BCUT2D eigenvalue weighted by molar-refractivity contribution is -0.133. The van der Waals surface area contributed by atoms with E-state index in [0.717, 1.165) is 49.4 Å². The summed E-state index contributed by atoms with van der Waals surface area (Å²) in [6.07, 6.45) is 9.58. The average Bonchev–Trinajstić information content (AvgIpc) is 3.12. The molecule has 3 amide bonds. The number of amides is 3. The minimum Gasteiger partial charge on any atom is -0.497 e. The van der Waals surface area contributed by atoms with E-state index < -0.39 is 5.54 Å². The molecule has 1 atom stereocenters. The summed E-state index contributed by atoms with van der Waals surface area (Å²) in [6, 6.07) is 5.71. The van der Waals surface area contributed by atoms with Gasteiger partial charge in [-0.25, -0.2) is 0 Å². The molecule has 4 rings (SSSR count). The van der Waals surface area contributed by atoms with Crippen LogP contribution in [0.5, 0.6) is 5.75 Å². The molecule has 1 saturated carbocycles. The van der Waals surface area contributed by atoms with Crippen molar-refractivity contribution >= 4 is 34.3 Å². The second-order valence-electron chi connectivity index (χ2n) is 10.5.